The number of aryl methyl sites for hydroxylation is 1. The van der Waals surface area contributed by atoms with E-state index >= 15 is 0 Å². The van der Waals surface area contributed by atoms with Crippen LogP contribution in [0.4, 0.5) is 5.69 Å². The molecule has 1 heterocycles. The van der Waals surface area contributed by atoms with Gasteiger partial charge >= 0.3 is 0 Å². The van der Waals surface area contributed by atoms with Crippen molar-refractivity contribution in [3.05, 3.63) is 59.1 Å². The maximum atomic E-state index is 12.3. The van der Waals surface area contributed by atoms with E-state index in [-0.39, 0.29) is 5.91 Å². The van der Waals surface area contributed by atoms with Crippen molar-refractivity contribution >= 4 is 23.2 Å². The number of carbonyl (C=O) groups excluding carboxylic acids is 1. The monoisotopic (exact) mass is 403 g/mol. The van der Waals surface area contributed by atoms with E-state index in [1.807, 2.05) is 30.3 Å². The van der Waals surface area contributed by atoms with Crippen LogP contribution in [0, 0.1) is 6.92 Å². The molecule has 5 nitrogen and oxygen atoms in total. The Bertz CT molecular complexity index is 776. The van der Waals surface area contributed by atoms with Crippen molar-refractivity contribution in [3.63, 3.8) is 0 Å². The van der Waals surface area contributed by atoms with Crippen molar-refractivity contribution in [2.75, 3.05) is 51.2 Å². The van der Waals surface area contributed by atoms with Gasteiger partial charge in [0, 0.05) is 6.42 Å². The fourth-order valence-electron chi connectivity index (χ4n) is 3.59. The molecule has 1 aliphatic rings. The zero-order valence-electron chi connectivity index (χ0n) is 16.5. The zero-order chi connectivity index (χ0) is 19.8. The fraction of sp³-hybridized carbons (Fsp3) is 0.409. The lowest BCUT2D eigenvalue weighted by atomic mass is 10.2. The van der Waals surface area contributed by atoms with Crippen LogP contribution in [0.15, 0.2) is 48.5 Å². The number of hydrogen-bond donors (Lipinski definition) is 3. The highest BCUT2D eigenvalue weighted by molar-refractivity contribution is 6.33. The molecule has 0 spiro atoms. The number of carbonyl (C=O) groups is 1. The minimum Gasteiger partial charge on any atom is -0.493 e. The lowest BCUT2D eigenvalue weighted by Gasteiger charge is -2.29. The molecule has 0 radical (unpaired) electrons. The summed E-state index contributed by atoms with van der Waals surface area (Å²) in [6.45, 7) is 8.67. The Kier molecular flexibility index (Phi) is 7.71. The van der Waals surface area contributed by atoms with E-state index in [9.17, 15) is 4.79 Å². The number of piperazine rings is 1. The third kappa shape index (κ3) is 6.51. The van der Waals surface area contributed by atoms with Gasteiger partial charge in [0.1, 0.15) is 31.9 Å². The molecule has 1 aliphatic heterocycles. The topological polar surface area (TPSA) is 47.2 Å². The molecule has 6 heteroatoms. The molecule has 0 unspecified atom stereocenters. The smallest absolute Gasteiger partial charge is 0.279 e. The van der Waals surface area contributed by atoms with Crippen LogP contribution in [0.5, 0.6) is 5.75 Å². The number of anilines is 1. The fourth-order valence-corrected chi connectivity index (χ4v) is 3.77. The van der Waals surface area contributed by atoms with Crippen molar-refractivity contribution in [2.45, 2.75) is 13.3 Å². The van der Waals surface area contributed by atoms with Gasteiger partial charge in [-0.3, -0.25) is 4.79 Å². The first kappa shape index (κ1) is 20.6. The molecule has 28 heavy (non-hydrogen) atoms. The van der Waals surface area contributed by atoms with Gasteiger partial charge in [0.05, 0.1) is 23.9 Å². The number of nitrogens with one attached hydrogen (secondary N) is 3. The van der Waals surface area contributed by atoms with Crippen LogP contribution in [-0.4, -0.2) is 51.8 Å². The third-order valence-electron chi connectivity index (χ3n) is 5.16. The molecule has 0 aromatic heterocycles. The average Bonchev–Trinajstić information content (AvgIpc) is 2.68. The van der Waals surface area contributed by atoms with Gasteiger partial charge in [-0.2, -0.15) is 0 Å². The largest absolute Gasteiger partial charge is 0.493 e. The van der Waals surface area contributed by atoms with Crippen LogP contribution in [0.25, 0.3) is 0 Å². The Morgan fingerprint density at radius 3 is 2.57 bits per heavy atom. The average molecular weight is 404 g/mol. The zero-order valence-corrected chi connectivity index (χ0v) is 17.2. The van der Waals surface area contributed by atoms with Crippen LogP contribution in [0.1, 0.15) is 12.0 Å². The van der Waals surface area contributed by atoms with Crippen molar-refractivity contribution in [1.29, 1.82) is 0 Å². The van der Waals surface area contributed by atoms with Gasteiger partial charge in [0.15, 0.2) is 6.54 Å². The second kappa shape index (κ2) is 10.5. The van der Waals surface area contributed by atoms with Gasteiger partial charge in [0.2, 0.25) is 0 Å². The van der Waals surface area contributed by atoms with E-state index in [0.29, 0.717) is 17.3 Å². The molecular weight excluding hydrogens is 374 g/mol. The lowest BCUT2D eigenvalue weighted by Crippen LogP contribution is -3.28. The number of benzene rings is 2. The van der Waals surface area contributed by atoms with Crippen LogP contribution in [-0.2, 0) is 4.79 Å². The summed E-state index contributed by atoms with van der Waals surface area (Å²) in [4.78, 5) is 15.2. The van der Waals surface area contributed by atoms with Crippen molar-refractivity contribution < 1.29 is 19.3 Å². The third-order valence-corrected chi connectivity index (χ3v) is 5.49. The van der Waals surface area contributed by atoms with Gasteiger partial charge in [-0.05, 0) is 36.8 Å². The summed E-state index contributed by atoms with van der Waals surface area (Å²) < 4.78 is 5.84. The summed E-state index contributed by atoms with van der Waals surface area (Å²) in [5.41, 5.74) is 1.91. The van der Waals surface area contributed by atoms with Crippen molar-refractivity contribution in [1.82, 2.24) is 0 Å². The highest BCUT2D eigenvalue weighted by Crippen LogP contribution is 2.19. The maximum absolute atomic E-state index is 12.3. The van der Waals surface area contributed by atoms with Gasteiger partial charge < -0.3 is 19.9 Å². The molecule has 1 amide bonds. The molecule has 2 aromatic rings. The second-order valence-electron chi connectivity index (χ2n) is 7.47. The molecule has 3 rings (SSSR count). The Morgan fingerprint density at radius 1 is 1.07 bits per heavy atom. The molecular formula is C22H30ClN3O2+2. The second-order valence-corrected chi connectivity index (χ2v) is 7.88. The quantitative estimate of drug-likeness (QED) is 0.572. The number of amides is 1. The number of ether oxygens (including phenoxy) is 1. The normalized spacial score (nSPS) is 19.2. The van der Waals surface area contributed by atoms with E-state index in [1.165, 1.54) is 10.5 Å². The summed E-state index contributed by atoms with van der Waals surface area (Å²) in [5, 5.41) is 3.49. The molecule has 0 bridgehead atoms. The highest BCUT2D eigenvalue weighted by Gasteiger charge is 2.24. The van der Waals surface area contributed by atoms with Crippen LogP contribution < -0.4 is 19.9 Å². The first-order chi connectivity index (χ1) is 13.6. The summed E-state index contributed by atoms with van der Waals surface area (Å²) in [6, 6.07) is 15.5. The molecule has 1 saturated heterocycles. The lowest BCUT2D eigenvalue weighted by molar-refractivity contribution is -1.01. The number of halogens is 1. The predicted octanol–water partition coefficient (Wildman–Crippen LogP) is 0.839. The Morgan fingerprint density at radius 2 is 1.82 bits per heavy atom. The Labute approximate surface area is 172 Å². The summed E-state index contributed by atoms with van der Waals surface area (Å²) in [7, 11) is 0. The minimum atomic E-state index is 0.0260. The van der Waals surface area contributed by atoms with E-state index in [2.05, 4.69) is 24.4 Å². The standard InChI is InChI=1S/C22H28ClN3O2/c1-18-6-4-7-19(16-18)28-15-5-10-25-11-13-26(14-12-25)17-22(27)24-21-9-3-2-8-20(21)23/h2-4,6-9,16H,5,10-15,17H2,1H3,(H,24,27)/p+2. The van der Waals surface area contributed by atoms with Crippen LogP contribution in [0.2, 0.25) is 5.02 Å². The Hall–Kier alpha value is -2.08. The number of para-hydroxylation sites is 1. The first-order valence-electron chi connectivity index (χ1n) is 10.0. The molecule has 3 N–H and O–H groups in total. The molecule has 1 fully saturated rings. The van der Waals surface area contributed by atoms with E-state index < -0.39 is 0 Å². The maximum Gasteiger partial charge on any atom is 0.279 e. The van der Waals surface area contributed by atoms with Gasteiger partial charge in [-0.1, -0.05) is 35.9 Å². The Balaban J connectivity index is 1.31. The molecule has 2 aromatic carbocycles. The van der Waals surface area contributed by atoms with Crippen molar-refractivity contribution in [3.8, 4) is 5.75 Å². The van der Waals surface area contributed by atoms with E-state index in [4.69, 9.17) is 16.3 Å². The van der Waals surface area contributed by atoms with Crippen LogP contribution in [0.3, 0.4) is 0 Å². The van der Waals surface area contributed by atoms with E-state index in [0.717, 1.165) is 51.5 Å². The number of quaternary nitrogens is 2. The highest BCUT2D eigenvalue weighted by atomic mass is 35.5. The van der Waals surface area contributed by atoms with E-state index in [1.54, 1.807) is 11.0 Å². The number of rotatable bonds is 8. The molecule has 150 valence electrons. The SMILES string of the molecule is Cc1cccc(OCCC[NH+]2CC[NH+](CC(=O)Nc3ccccc3Cl)CC2)c1. The molecule has 0 atom stereocenters. The number of hydrogen-bond acceptors (Lipinski definition) is 2. The molecule has 0 aliphatic carbocycles. The van der Waals surface area contributed by atoms with Gasteiger partial charge in [-0.25, -0.2) is 0 Å². The van der Waals surface area contributed by atoms with Gasteiger partial charge in [-0.15, -0.1) is 0 Å². The summed E-state index contributed by atoms with van der Waals surface area (Å²) in [5.74, 6) is 0.979. The minimum absolute atomic E-state index is 0.0260. The summed E-state index contributed by atoms with van der Waals surface area (Å²) >= 11 is 6.10. The predicted molar refractivity (Wildman–Crippen MR) is 113 cm³/mol. The van der Waals surface area contributed by atoms with Crippen molar-refractivity contribution in [2.24, 2.45) is 0 Å². The summed E-state index contributed by atoms with van der Waals surface area (Å²) in [6.07, 6.45) is 1.05. The van der Waals surface area contributed by atoms with Crippen LogP contribution >= 0.6 is 11.6 Å². The molecule has 0 saturated carbocycles. The first-order valence-corrected chi connectivity index (χ1v) is 10.4. The van der Waals surface area contributed by atoms with Gasteiger partial charge in [0.25, 0.3) is 5.91 Å².